The Bertz CT molecular complexity index is 1970. The Morgan fingerprint density at radius 1 is 0.268 bits per heavy atom. The lowest BCUT2D eigenvalue weighted by Crippen LogP contribution is -2.30. The van der Waals surface area contributed by atoms with E-state index < -0.39 is 6.10 Å². The smallest absolute Gasteiger partial charge is 0.306 e. The molecule has 0 aromatic heterocycles. The van der Waals surface area contributed by atoms with Crippen molar-refractivity contribution in [1.82, 2.24) is 0 Å². The normalized spacial score (nSPS) is 27.8. The summed E-state index contributed by atoms with van der Waals surface area (Å²) >= 11 is 0. The highest BCUT2D eigenvalue weighted by molar-refractivity contribution is 5.71. The van der Waals surface area contributed by atoms with Crippen LogP contribution in [0.3, 0.4) is 0 Å². The van der Waals surface area contributed by atoms with E-state index in [1.165, 1.54) is 257 Å². The predicted molar refractivity (Wildman–Crippen MR) is 415 cm³/mol. The van der Waals surface area contributed by atoms with Gasteiger partial charge in [-0.25, -0.2) is 0 Å². The van der Waals surface area contributed by atoms with Crippen molar-refractivity contribution in [3.63, 3.8) is 0 Å². The topological polar surface area (TPSA) is 78.9 Å². The van der Waals surface area contributed by atoms with E-state index in [0.29, 0.717) is 19.3 Å². The van der Waals surface area contributed by atoms with E-state index in [1.807, 2.05) is 0 Å². The third-order valence-electron chi connectivity index (χ3n) is 26.6. The fourth-order valence-electron chi connectivity index (χ4n) is 22.0. The second kappa shape index (κ2) is 50.7. The molecule has 97 heavy (non-hydrogen) atoms. The molecule has 0 spiro atoms. The zero-order valence-electron chi connectivity index (χ0n) is 67.3. The van der Waals surface area contributed by atoms with Gasteiger partial charge in [0, 0.05) is 19.3 Å². The number of carbonyl (C=O) groups excluding carboxylic acids is 3. The van der Waals surface area contributed by atoms with E-state index in [9.17, 15) is 14.4 Å². The van der Waals surface area contributed by atoms with Crippen LogP contribution in [0.5, 0.6) is 0 Å². The summed E-state index contributed by atoms with van der Waals surface area (Å²) in [7, 11) is 0. The van der Waals surface area contributed by atoms with Gasteiger partial charge in [0.2, 0.25) is 0 Å². The highest BCUT2D eigenvalue weighted by Gasteiger charge is 2.44. The van der Waals surface area contributed by atoms with Crippen molar-refractivity contribution in [1.29, 1.82) is 0 Å². The van der Waals surface area contributed by atoms with Crippen LogP contribution < -0.4 is 0 Å². The third-order valence-corrected chi connectivity index (χ3v) is 26.6. The molecule has 0 bridgehead atoms. The summed E-state index contributed by atoms with van der Waals surface area (Å²) in [6.45, 7) is 31.3. The molecule has 5 aliphatic rings. The Morgan fingerprint density at radius 2 is 0.515 bits per heavy atom. The Kier molecular flexibility index (Phi) is 45.0. The number of carbonyl (C=O) groups is 3. The molecular formula is C91H168O6. The molecular weight excluding hydrogens is 1190 g/mol. The lowest BCUT2D eigenvalue weighted by Gasteiger charge is -2.33. The first kappa shape index (κ1) is 86.1. The zero-order valence-corrected chi connectivity index (χ0v) is 67.3. The molecule has 16 unspecified atom stereocenters. The highest BCUT2D eigenvalue weighted by Crippen LogP contribution is 2.54. The van der Waals surface area contributed by atoms with Crippen molar-refractivity contribution in [3.05, 3.63) is 0 Å². The number of hydrogen-bond donors (Lipinski definition) is 0. The van der Waals surface area contributed by atoms with Crippen LogP contribution in [-0.4, -0.2) is 37.2 Å². The molecule has 0 aliphatic heterocycles. The number of esters is 3. The van der Waals surface area contributed by atoms with E-state index in [0.717, 1.165) is 176 Å². The number of ether oxygens (including phenoxy) is 3. The maximum Gasteiger partial charge on any atom is 0.306 e. The second-order valence-corrected chi connectivity index (χ2v) is 37.0. The van der Waals surface area contributed by atoms with Gasteiger partial charge >= 0.3 is 17.9 Å². The highest BCUT2D eigenvalue weighted by atomic mass is 16.6. The quantitative estimate of drug-likeness (QED) is 0.0343. The Morgan fingerprint density at radius 3 is 0.876 bits per heavy atom. The minimum atomic E-state index is -0.785. The van der Waals surface area contributed by atoms with Crippen molar-refractivity contribution >= 4 is 17.9 Å². The lowest BCUT2D eigenvalue weighted by atomic mass is 9.72. The zero-order chi connectivity index (χ0) is 70.2. The lowest BCUT2D eigenvalue weighted by molar-refractivity contribution is -0.167. The summed E-state index contributed by atoms with van der Waals surface area (Å²) in [4.78, 5) is 40.1. The molecule has 0 aromatic carbocycles. The molecule has 0 saturated heterocycles. The molecule has 5 aliphatic carbocycles. The largest absolute Gasteiger partial charge is 0.462 e. The van der Waals surface area contributed by atoms with Gasteiger partial charge in [-0.2, -0.15) is 0 Å². The van der Waals surface area contributed by atoms with Crippen LogP contribution in [0.25, 0.3) is 0 Å². The van der Waals surface area contributed by atoms with Gasteiger partial charge in [0.15, 0.2) is 6.10 Å². The molecule has 6 heteroatoms. The van der Waals surface area contributed by atoms with Gasteiger partial charge in [-0.05, 0) is 272 Å². The molecule has 0 N–H and O–H groups in total. The minimum absolute atomic E-state index is 0.0611. The summed E-state index contributed by atoms with van der Waals surface area (Å²) in [5.74, 6) is 17.1. The summed E-state index contributed by atoms with van der Waals surface area (Å²) in [6, 6.07) is 0. The average molecular weight is 1360 g/mol. The minimum Gasteiger partial charge on any atom is -0.462 e. The number of unbranched alkanes of at least 4 members (excludes halogenated alkanes) is 20. The van der Waals surface area contributed by atoms with Crippen molar-refractivity contribution < 1.29 is 28.6 Å². The van der Waals surface area contributed by atoms with Crippen molar-refractivity contribution in [2.24, 2.45) is 118 Å². The molecule has 568 valence electrons. The molecule has 5 saturated carbocycles. The molecule has 0 amide bonds. The molecule has 16 atom stereocenters. The van der Waals surface area contributed by atoms with E-state index in [-0.39, 0.29) is 31.1 Å². The fraction of sp³-hybridized carbons (Fsp3) is 0.967. The predicted octanol–water partition coefficient (Wildman–Crippen LogP) is 27.9. The van der Waals surface area contributed by atoms with Gasteiger partial charge < -0.3 is 14.2 Å². The summed E-state index contributed by atoms with van der Waals surface area (Å²) in [5, 5.41) is 0. The number of rotatable bonds is 57. The van der Waals surface area contributed by atoms with Crippen LogP contribution in [0.1, 0.15) is 424 Å². The first-order valence-electron chi connectivity index (χ1n) is 44.4. The van der Waals surface area contributed by atoms with Gasteiger partial charge in [0.05, 0.1) is 0 Å². The first-order valence-corrected chi connectivity index (χ1v) is 44.4. The summed E-state index contributed by atoms with van der Waals surface area (Å²) < 4.78 is 17.7. The van der Waals surface area contributed by atoms with Crippen LogP contribution in [0.4, 0.5) is 0 Å². The number of hydrogen-bond acceptors (Lipinski definition) is 6. The molecule has 0 heterocycles. The average Bonchev–Trinajstić information content (AvgIpc) is 1.69. The SMILES string of the molecule is CCCCCCCC1CCC(CC(C)C)C1CCCCCCCC(=O)OCC(COC(=O)CCCCCCCC1C(CC(C)C)CCC1CC1CCC(CC(C)C)C1CCCCC)OC(=O)CCCCCCCC1CCC(CC(C)C)C1CC1CCC(CC(C)C)C1CCCCC. The second-order valence-electron chi connectivity index (χ2n) is 37.0. The van der Waals surface area contributed by atoms with Crippen LogP contribution >= 0.6 is 0 Å². The van der Waals surface area contributed by atoms with Crippen LogP contribution in [0.2, 0.25) is 0 Å². The van der Waals surface area contributed by atoms with Gasteiger partial charge in [-0.3, -0.25) is 14.4 Å². The Labute approximate surface area is 604 Å². The monoisotopic (exact) mass is 1360 g/mol. The van der Waals surface area contributed by atoms with E-state index in [4.69, 9.17) is 14.2 Å². The Balaban J connectivity index is 1.05. The first-order chi connectivity index (χ1) is 46.9. The molecule has 5 fully saturated rings. The van der Waals surface area contributed by atoms with Crippen molar-refractivity contribution in [2.75, 3.05) is 13.2 Å². The van der Waals surface area contributed by atoms with Crippen LogP contribution in [0, 0.1) is 118 Å². The summed E-state index contributed by atoms with van der Waals surface area (Å²) in [5.41, 5.74) is 0. The van der Waals surface area contributed by atoms with Crippen LogP contribution in [0.15, 0.2) is 0 Å². The van der Waals surface area contributed by atoms with Gasteiger partial charge in [-0.15, -0.1) is 0 Å². The maximum absolute atomic E-state index is 13.5. The van der Waals surface area contributed by atoms with Gasteiger partial charge in [0.25, 0.3) is 0 Å². The van der Waals surface area contributed by atoms with Crippen molar-refractivity contribution in [2.45, 2.75) is 430 Å². The summed E-state index contributed by atoms with van der Waals surface area (Å²) in [6.07, 6.45) is 65.3. The van der Waals surface area contributed by atoms with Crippen molar-refractivity contribution in [3.8, 4) is 0 Å². The third kappa shape index (κ3) is 34.7. The molecule has 0 aromatic rings. The fourth-order valence-corrected chi connectivity index (χ4v) is 22.0. The van der Waals surface area contributed by atoms with E-state index in [1.54, 1.807) is 0 Å². The van der Waals surface area contributed by atoms with Gasteiger partial charge in [-0.1, -0.05) is 251 Å². The molecule has 0 radical (unpaired) electrons. The van der Waals surface area contributed by atoms with Gasteiger partial charge in [0.1, 0.15) is 13.2 Å². The standard InChI is InChI=1S/C91H168O6/c1-14-17-20-24-33-40-73-49-51-75(59-68(4)5)84(73)44-35-26-22-28-37-46-89(92)95-66-83(97-91(94)48-39-30-21-25-34-41-74-50-52-79(63-72(12)13)88(74)65-82-58-55-78(62-71(10)11)87(82)43-32-19-16-3)67-96-90(93)47-38-29-23-27-36-45-86-77(61-70(8)9)54-57-81(86)64-80-56-53-76(60-69(6)7)85(80)42-31-18-15-2/h68-88H,14-67H2,1-13H3. The maximum atomic E-state index is 13.5. The van der Waals surface area contributed by atoms with Crippen LogP contribution in [-0.2, 0) is 28.6 Å². The molecule has 6 nitrogen and oxygen atoms in total. The Hall–Kier alpha value is -1.59. The van der Waals surface area contributed by atoms with E-state index in [2.05, 4.69) is 90.0 Å². The molecule has 5 rings (SSSR count). The van der Waals surface area contributed by atoms with E-state index >= 15 is 0 Å².